The molecule has 0 heterocycles. The van der Waals surface area contributed by atoms with Gasteiger partial charge < -0.3 is 0 Å². The Balaban J connectivity index is 0. The quantitative estimate of drug-likeness (QED) is 0.344. The SMILES string of the molecule is CCCCCO[P+](=O)OCCCCC.[Ni]. The maximum Gasteiger partial charge on any atom is 0.697 e. The second-order valence-corrected chi connectivity index (χ2v) is 4.27. The van der Waals surface area contributed by atoms with Crippen molar-refractivity contribution in [2.24, 2.45) is 0 Å². The van der Waals surface area contributed by atoms with Crippen molar-refractivity contribution in [1.82, 2.24) is 0 Å². The average molecular weight is 280 g/mol. The summed E-state index contributed by atoms with van der Waals surface area (Å²) in [4.78, 5) is 0. The largest absolute Gasteiger partial charge is 0.697 e. The number of unbranched alkanes of at least 4 members (excludes halogenated alkanes) is 4. The van der Waals surface area contributed by atoms with E-state index in [0.29, 0.717) is 13.2 Å². The van der Waals surface area contributed by atoms with Crippen molar-refractivity contribution in [1.29, 1.82) is 0 Å². The summed E-state index contributed by atoms with van der Waals surface area (Å²) in [7, 11) is -1.86. The standard InChI is InChI=1S/C10H22O3P.Ni/c1-3-5-7-9-12-14(11)13-10-8-6-4-2;/h3-10H2,1-2H3;/q+1;. The van der Waals surface area contributed by atoms with E-state index in [1.54, 1.807) is 0 Å². The van der Waals surface area contributed by atoms with E-state index in [1.165, 1.54) is 0 Å². The van der Waals surface area contributed by atoms with Gasteiger partial charge in [-0.2, -0.15) is 0 Å². The van der Waals surface area contributed by atoms with Crippen LogP contribution in [0, 0.1) is 0 Å². The van der Waals surface area contributed by atoms with Crippen LogP contribution in [0.2, 0.25) is 0 Å². The van der Waals surface area contributed by atoms with Gasteiger partial charge in [-0.3, -0.25) is 0 Å². The van der Waals surface area contributed by atoms with Crippen LogP contribution >= 0.6 is 8.25 Å². The van der Waals surface area contributed by atoms with E-state index in [2.05, 4.69) is 13.8 Å². The van der Waals surface area contributed by atoms with Gasteiger partial charge in [0.25, 0.3) is 0 Å². The first-order valence-electron chi connectivity index (χ1n) is 5.54. The Morgan fingerprint density at radius 2 is 1.27 bits per heavy atom. The molecule has 0 rings (SSSR count). The summed E-state index contributed by atoms with van der Waals surface area (Å²) in [5.74, 6) is 0. The third-order valence-electron chi connectivity index (χ3n) is 1.89. The monoisotopic (exact) mass is 279 g/mol. The molecular weight excluding hydrogens is 258 g/mol. The third-order valence-corrected chi connectivity index (χ3v) is 2.68. The van der Waals surface area contributed by atoms with Crippen molar-refractivity contribution in [2.45, 2.75) is 52.4 Å². The van der Waals surface area contributed by atoms with E-state index < -0.39 is 8.25 Å². The minimum absolute atomic E-state index is 0. The van der Waals surface area contributed by atoms with Crippen LogP contribution < -0.4 is 0 Å². The molecule has 0 spiro atoms. The van der Waals surface area contributed by atoms with Crippen LogP contribution in [0.25, 0.3) is 0 Å². The summed E-state index contributed by atoms with van der Waals surface area (Å²) in [5.41, 5.74) is 0. The maximum absolute atomic E-state index is 11.1. The molecule has 0 bridgehead atoms. The average Bonchev–Trinajstić information content (AvgIpc) is 2.19. The number of rotatable bonds is 10. The van der Waals surface area contributed by atoms with Gasteiger partial charge in [0.1, 0.15) is 13.2 Å². The summed E-state index contributed by atoms with van der Waals surface area (Å²) in [5, 5.41) is 0. The summed E-state index contributed by atoms with van der Waals surface area (Å²) >= 11 is 0. The first kappa shape index (κ1) is 17.9. The molecular formula is C10H22NiO3P+. The van der Waals surface area contributed by atoms with E-state index in [4.69, 9.17) is 9.05 Å². The zero-order valence-corrected chi connectivity index (χ0v) is 11.5. The molecule has 0 aliphatic carbocycles. The van der Waals surface area contributed by atoms with Crippen molar-refractivity contribution in [3.63, 3.8) is 0 Å². The summed E-state index contributed by atoms with van der Waals surface area (Å²) in [6.45, 7) is 5.36. The molecule has 0 saturated carbocycles. The number of hydrogen-bond acceptors (Lipinski definition) is 3. The molecule has 0 saturated heterocycles. The van der Waals surface area contributed by atoms with Crippen LogP contribution in [0.5, 0.6) is 0 Å². The van der Waals surface area contributed by atoms with Crippen LogP contribution in [-0.2, 0) is 30.1 Å². The molecule has 0 fully saturated rings. The fourth-order valence-corrected chi connectivity index (χ4v) is 1.65. The normalized spacial score (nSPS) is 9.73. The molecule has 3 nitrogen and oxygen atoms in total. The molecule has 0 atom stereocenters. The second kappa shape index (κ2) is 14.5. The molecule has 94 valence electrons. The Kier molecular flexibility index (Phi) is 17.3. The van der Waals surface area contributed by atoms with Crippen molar-refractivity contribution in [3.05, 3.63) is 0 Å². The maximum atomic E-state index is 11.1. The van der Waals surface area contributed by atoms with Crippen molar-refractivity contribution >= 4 is 8.25 Å². The molecule has 15 heavy (non-hydrogen) atoms. The van der Waals surface area contributed by atoms with Crippen molar-refractivity contribution in [2.75, 3.05) is 13.2 Å². The summed E-state index contributed by atoms with van der Waals surface area (Å²) < 4.78 is 21.1. The van der Waals surface area contributed by atoms with Crippen LogP contribution in [0.15, 0.2) is 0 Å². The van der Waals surface area contributed by atoms with Gasteiger partial charge in [0.2, 0.25) is 0 Å². The van der Waals surface area contributed by atoms with E-state index in [1.807, 2.05) is 0 Å². The van der Waals surface area contributed by atoms with Gasteiger partial charge in [-0.05, 0) is 12.8 Å². The number of hydrogen-bond donors (Lipinski definition) is 0. The van der Waals surface area contributed by atoms with Gasteiger partial charge in [0.15, 0.2) is 0 Å². The Morgan fingerprint density at radius 1 is 0.867 bits per heavy atom. The van der Waals surface area contributed by atoms with Gasteiger partial charge in [0, 0.05) is 21.1 Å². The minimum Gasteiger partial charge on any atom is -0.119 e. The molecule has 5 heteroatoms. The Labute approximate surface area is 104 Å². The van der Waals surface area contributed by atoms with Gasteiger partial charge >= 0.3 is 8.25 Å². The van der Waals surface area contributed by atoms with Crippen LogP contribution in [-0.4, -0.2) is 13.2 Å². The van der Waals surface area contributed by atoms with E-state index in [9.17, 15) is 4.57 Å². The molecule has 0 aliphatic rings. The van der Waals surface area contributed by atoms with E-state index >= 15 is 0 Å². The van der Waals surface area contributed by atoms with E-state index in [-0.39, 0.29) is 16.5 Å². The topological polar surface area (TPSA) is 35.5 Å². The summed E-state index contributed by atoms with van der Waals surface area (Å²) in [6, 6.07) is 0. The zero-order valence-electron chi connectivity index (χ0n) is 9.65. The van der Waals surface area contributed by atoms with Gasteiger partial charge in [-0.15, -0.1) is 9.05 Å². The van der Waals surface area contributed by atoms with E-state index in [0.717, 1.165) is 38.5 Å². The summed E-state index contributed by atoms with van der Waals surface area (Å²) in [6.07, 6.45) is 6.48. The predicted molar refractivity (Wildman–Crippen MR) is 58.6 cm³/mol. The van der Waals surface area contributed by atoms with Crippen LogP contribution in [0.3, 0.4) is 0 Å². The minimum atomic E-state index is -1.86. The van der Waals surface area contributed by atoms with Gasteiger partial charge in [-0.1, -0.05) is 39.5 Å². The predicted octanol–water partition coefficient (Wildman–Crippen LogP) is 4.05. The molecule has 0 aromatic carbocycles. The molecule has 0 aromatic rings. The first-order chi connectivity index (χ1) is 6.81. The van der Waals surface area contributed by atoms with Gasteiger partial charge in [-0.25, -0.2) is 0 Å². The fourth-order valence-electron chi connectivity index (χ4n) is 1.02. The third kappa shape index (κ3) is 14.5. The molecule has 0 aromatic heterocycles. The zero-order chi connectivity index (χ0) is 10.6. The Hall–Kier alpha value is 0.514. The van der Waals surface area contributed by atoms with Crippen molar-refractivity contribution < 1.29 is 30.1 Å². The molecule has 0 aliphatic heterocycles. The molecule has 0 amide bonds. The molecule has 0 radical (unpaired) electrons. The van der Waals surface area contributed by atoms with Crippen molar-refractivity contribution in [3.8, 4) is 0 Å². The fraction of sp³-hybridized carbons (Fsp3) is 1.00. The molecule has 0 N–H and O–H groups in total. The second-order valence-electron chi connectivity index (χ2n) is 3.30. The Morgan fingerprint density at radius 3 is 1.60 bits per heavy atom. The smallest absolute Gasteiger partial charge is 0.119 e. The molecule has 0 unspecified atom stereocenters. The Bertz CT molecular complexity index is 131. The first-order valence-corrected chi connectivity index (χ1v) is 6.63. The van der Waals surface area contributed by atoms with Crippen LogP contribution in [0.1, 0.15) is 52.4 Å². The van der Waals surface area contributed by atoms with Gasteiger partial charge in [0.05, 0.1) is 0 Å². The van der Waals surface area contributed by atoms with Crippen LogP contribution in [0.4, 0.5) is 0 Å².